The Labute approximate surface area is 76.6 Å². The van der Waals surface area contributed by atoms with Crippen LogP contribution in [0, 0.1) is 0 Å². The quantitative estimate of drug-likeness (QED) is 0.657. The maximum absolute atomic E-state index is 11.7. The number of Topliss-reactive ketones (excluding diaryl/α,β-unsaturated/α-hetero) is 1. The van der Waals surface area contributed by atoms with E-state index in [1.54, 1.807) is 38.1 Å². The molecule has 3 nitrogen and oxygen atoms in total. The van der Waals surface area contributed by atoms with E-state index in [2.05, 4.69) is 0 Å². The second-order valence-electron chi connectivity index (χ2n) is 3.72. The zero-order valence-electron chi connectivity index (χ0n) is 7.61. The molecule has 68 valence electrons. The molecule has 1 aliphatic heterocycles. The summed E-state index contributed by atoms with van der Waals surface area (Å²) in [4.78, 5) is 11.7. The van der Waals surface area contributed by atoms with Crippen LogP contribution in [-0.2, 0) is 0 Å². The van der Waals surface area contributed by atoms with E-state index in [0.29, 0.717) is 11.3 Å². The molecular formula is C10H11NO2. The molecule has 0 spiro atoms. The molecule has 0 aliphatic carbocycles. The molecule has 2 rings (SSSR count). The van der Waals surface area contributed by atoms with Gasteiger partial charge in [0.25, 0.3) is 0 Å². The van der Waals surface area contributed by atoms with Gasteiger partial charge in [-0.05, 0) is 26.0 Å². The molecule has 1 heterocycles. The summed E-state index contributed by atoms with van der Waals surface area (Å²) in [6.07, 6.45) is 0. The molecule has 1 aromatic rings. The molecule has 0 amide bonds. The number of carbonyl (C=O) groups is 1. The highest BCUT2D eigenvalue weighted by Gasteiger charge is 2.43. The number of anilines is 1. The van der Waals surface area contributed by atoms with Crippen LogP contribution < -0.4 is 5.06 Å². The van der Waals surface area contributed by atoms with Gasteiger partial charge >= 0.3 is 0 Å². The van der Waals surface area contributed by atoms with E-state index >= 15 is 0 Å². The lowest BCUT2D eigenvalue weighted by molar-refractivity contribution is 0.0842. The zero-order valence-corrected chi connectivity index (χ0v) is 7.61. The molecule has 0 aromatic heterocycles. The number of carbonyl (C=O) groups excluding carboxylic acids is 1. The summed E-state index contributed by atoms with van der Waals surface area (Å²) in [5.41, 5.74) is 0.358. The first-order valence-electron chi connectivity index (χ1n) is 4.18. The third kappa shape index (κ3) is 0.906. The van der Waals surface area contributed by atoms with E-state index in [9.17, 15) is 10.0 Å². The molecule has 13 heavy (non-hydrogen) atoms. The lowest BCUT2D eigenvalue weighted by atomic mass is 9.98. The second-order valence-corrected chi connectivity index (χ2v) is 3.72. The van der Waals surface area contributed by atoms with Crippen molar-refractivity contribution in [1.29, 1.82) is 0 Å². The van der Waals surface area contributed by atoms with Crippen molar-refractivity contribution >= 4 is 11.5 Å². The number of nitrogens with zero attached hydrogens (tertiary/aromatic N) is 1. The van der Waals surface area contributed by atoms with E-state index in [-0.39, 0.29) is 5.78 Å². The summed E-state index contributed by atoms with van der Waals surface area (Å²) in [7, 11) is 0. The fraction of sp³-hybridized carbons (Fsp3) is 0.300. The van der Waals surface area contributed by atoms with Gasteiger partial charge in [0, 0.05) is 5.56 Å². The first-order valence-corrected chi connectivity index (χ1v) is 4.18. The SMILES string of the molecule is CC1(C)C(=O)c2ccccc2N1O. The Hall–Kier alpha value is -1.35. The number of para-hydroxylation sites is 1. The first-order chi connectivity index (χ1) is 6.05. The van der Waals surface area contributed by atoms with Crippen LogP contribution >= 0.6 is 0 Å². The van der Waals surface area contributed by atoms with Crippen LogP contribution in [0.3, 0.4) is 0 Å². The largest absolute Gasteiger partial charge is 0.291 e. The van der Waals surface area contributed by atoms with Crippen molar-refractivity contribution in [2.24, 2.45) is 0 Å². The highest BCUT2D eigenvalue weighted by Crippen LogP contribution is 2.36. The Bertz CT molecular complexity index is 371. The van der Waals surface area contributed by atoms with Crippen LogP contribution in [0.1, 0.15) is 24.2 Å². The van der Waals surface area contributed by atoms with Crippen LogP contribution in [0.2, 0.25) is 0 Å². The smallest absolute Gasteiger partial charge is 0.192 e. The summed E-state index contributed by atoms with van der Waals surface area (Å²) in [6.45, 7) is 3.41. The summed E-state index contributed by atoms with van der Waals surface area (Å²) in [5.74, 6) is -0.0365. The average molecular weight is 177 g/mol. The number of hydroxylamine groups is 1. The van der Waals surface area contributed by atoms with Crippen LogP contribution in [0.15, 0.2) is 24.3 Å². The molecule has 0 unspecified atom stereocenters. The minimum atomic E-state index is -0.830. The summed E-state index contributed by atoms with van der Waals surface area (Å²) in [6, 6.07) is 7.07. The van der Waals surface area contributed by atoms with E-state index in [1.807, 2.05) is 0 Å². The number of fused-ring (bicyclic) bond motifs is 1. The van der Waals surface area contributed by atoms with Gasteiger partial charge in [0.05, 0.1) is 5.69 Å². The number of benzene rings is 1. The van der Waals surface area contributed by atoms with Crippen molar-refractivity contribution in [3.63, 3.8) is 0 Å². The highest BCUT2D eigenvalue weighted by atomic mass is 16.5. The number of rotatable bonds is 0. The molecule has 3 heteroatoms. The normalized spacial score (nSPS) is 19.0. The molecule has 0 bridgehead atoms. The maximum Gasteiger partial charge on any atom is 0.192 e. The lowest BCUT2D eigenvalue weighted by Gasteiger charge is -2.25. The van der Waals surface area contributed by atoms with Crippen molar-refractivity contribution in [3.8, 4) is 0 Å². The van der Waals surface area contributed by atoms with Gasteiger partial charge in [-0.2, -0.15) is 0 Å². The van der Waals surface area contributed by atoms with Crippen molar-refractivity contribution in [3.05, 3.63) is 29.8 Å². The summed E-state index contributed by atoms with van der Waals surface area (Å²) < 4.78 is 0. The number of ketones is 1. The van der Waals surface area contributed by atoms with Crippen LogP contribution in [0.5, 0.6) is 0 Å². The molecule has 0 fully saturated rings. The van der Waals surface area contributed by atoms with Gasteiger partial charge in [0.1, 0.15) is 5.54 Å². The molecule has 1 aliphatic rings. The minimum Gasteiger partial charge on any atom is -0.291 e. The van der Waals surface area contributed by atoms with E-state index in [4.69, 9.17) is 0 Å². The van der Waals surface area contributed by atoms with Crippen molar-refractivity contribution in [2.45, 2.75) is 19.4 Å². The van der Waals surface area contributed by atoms with Crippen molar-refractivity contribution in [1.82, 2.24) is 0 Å². The monoisotopic (exact) mass is 177 g/mol. The van der Waals surface area contributed by atoms with Crippen LogP contribution in [0.4, 0.5) is 5.69 Å². The van der Waals surface area contributed by atoms with Gasteiger partial charge in [-0.15, -0.1) is 0 Å². The van der Waals surface area contributed by atoms with Gasteiger partial charge in [0.2, 0.25) is 0 Å². The average Bonchev–Trinajstić information content (AvgIpc) is 2.30. The number of hydrogen-bond donors (Lipinski definition) is 1. The lowest BCUT2D eigenvalue weighted by Crippen LogP contribution is -2.42. The Morgan fingerprint density at radius 2 is 1.92 bits per heavy atom. The van der Waals surface area contributed by atoms with Gasteiger partial charge in [-0.1, -0.05) is 12.1 Å². The Morgan fingerprint density at radius 1 is 1.31 bits per heavy atom. The summed E-state index contributed by atoms with van der Waals surface area (Å²) >= 11 is 0. The zero-order chi connectivity index (χ0) is 9.64. The molecule has 1 N–H and O–H groups in total. The van der Waals surface area contributed by atoms with Gasteiger partial charge < -0.3 is 0 Å². The topological polar surface area (TPSA) is 40.5 Å². The summed E-state index contributed by atoms with van der Waals surface area (Å²) in [5, 5.41) is 10.7. The molecule has 1 aromatic carbocycles. The van der Waals surface area contributed by atoms with E-state index in [0.717, 1.165) is 5.06 Å². The van der Waals surface area contributed by atoms with Crippen LogP contribution in [0.25, 0.3) is 0 Å². The van der Waals surface area contributed by atoms with Crippen LogP contribution in [-0.4, -0.2) is 16.5 Å². The van der Waals surface area contributed by atoms with E-state index in [1.165, 1.54) is 0 Å². The first kappa shape index (κ1) is 8.26. The number of hydrogen-bond acceptors (Lipinski definition) is 3. The van der Waals surface area contributed by atoms with Gasteiger partial charge in [-0.3, -0.25) is 10.0 Å². The predicted octanol–water partition coefficient (Wildman–Crippen LogP) is 1.86. The minimum absolute atomic E-state index is 0.0365. The molecule has 0 saturated heterocycles. The Balaban J connectivity index is 2.64. The fourth-order valence-electron chi connectivity index (χ4n) is 1.58. The Kier molecular flexibility index (Phi) is 1.48. The Morgan fingerprint density at radius 3 is 2.54 bits per heavy atom. The molecule has 0 saturated carbocycles. The standard InChI is InChI=1S/C10H11NO2/c1-10(2)9(12)7-5-3-4-6-8(7)11(10)13/h3-6,13H,1-2H3. The van der Waals surface area contributed by atoms with Crippen molar-refractivity contribution in [2.75, 3.05) is 5.06 Å². The molecule has 0 radical (unpaired) electrons. The van der Waals surface area contributed by atoms with Crippen molar-refractivity contribution < 1.29 is 10.0 Å². The predicted molar refractivity (Wildman–Crippen MR) is 49.1 cm³/mol. The molecular weight excluding hydrogens is 166 g/mol. The third-order valence-electron chi connectivity index (χ3n) is 2.46. The van der Waals surface area contributed by atoms with Gasteiger partial charge in [0.15, 0.2) is 5.78 Å². The fourth-order valence-corrected chi connectivity index (χ4v) is 1.58. The highest BCUT2D eigenvalue weighted by molar-refractivity contribution is 6.12. The maximum atomic E-state index is 11.7. The third-order valence-corrected chi connectivity index (χ3v) is 2.46. The second kappa shape index (κ2) is 2.33. The van der Waals surface area contributed by atoms with E-state index < -0.39 is 5.54 Å². The van der Waals surface area contributed by atoms with Gasteiger partial charge in [-0.25, -0.2) is 5.06 Å². The molecule has 0 atom stereocenters.